The average Bonchev–Trinajstić information content (AvgIpc) is 2.84. The van der Waals surface area contributed by atoms with Gasteiger partial charge in [-0.25, -0.2) is 26.3 Å². The maximum absolute atomic E-state index is 14.8. The molecule has 2 atom stereocenters. The zero-order valence-corrected chi connectivity index (χ0v) is 19.6. The second-order valence-electron chi connectivity index (χ2n) is 8.90. The molecule has 3 aromatic carbocycles. The average molecular weight is 530 g/mol. The molecule has 0 spiro atoms. The van der Waals surface area contributed by atoms with E-state index in [1.54, 1.807) is 0 Å². The normalized spacial score (nSPS) is 18.2. The van der Waals surface area contributed by atoms with Crippen LogP contribution in [0.3, 0.4) is 0 Å². The molecule has 0 N–H and O–H groups in total. The lowest BCUT2D eigenvalue weighted by molar-refractivity contribution is -0.187. The minimum atomic E-state index is -4.40. The van der Waals surface area contributed by atoms with Gasteiger partial charge in [0.15, 0.2) is 29.1 Å². The lowest BCUT2D eigenvalue weighted by Crippen LogP contribution is -2.26. The second-order valence-corrected chi connectivity index (χ2v) is 8.90. The van der Waals surface area contributed by atoms with Crippen molar-refractivity contribution in [3.8, 4) is 16.9 Å². The Morgan fingerprint density at radius 3 is 2.14 bits per heavy atom. The Bertz CT molecular complexity index is 1260. The predicted octanol–water partition coefficient (Wildman–Crippen LogP) is 8.58. The molecule has 198 valence electrons. The lowest BCUT2D eigenvalue weighted by atomic mass is 9.91. The molecule has 0 aromatic heterocycles. The predicted molar refractivity (Wildman–Crippen MR) is 119 cm³/mol. The second kappa shape index (κ2) is 10.7. The molecule has 1 aliphatic heterocycles. The van der Waals surface area contributed by atoms with Gasteiger partial charge in [-0.1, -0.05) is 19.4 Å². The molecular formula is C27H22F8O2. The highest BCUT2D eigenvalue weighted by molar-refractivity contribution is 5.65. The largest absolute Gasteiger partial charge is 0.429 e. The summed E-state index contributed by atoms with van der Waals surface area (Å²) in [6, 6.07) is 4.96. The van der Waals surface area contributed by atoms with Crippen molar-refractivity contribution in [2.45, 2.75) is 44.8 Å². The number of halogens is 8. The Labute approximate surface area is 207 Å². The highest BCUT2D eigenvalue weighted by atomic mass is 19.3. The molecule has 10 heteroatoms. The monoisotopic (exact) mass is 530 g/mol. The molecule has 1 heterocycles. The number of hydrogen-bond donors (Lipinski definition) is 0. The van der Waals surface area contributed by atoms with Gasteiger partial charge in [-0.2, -0.15) is 8.78 Å². The van der Waals surface area contributed by atoms with Gasteiger partial charge >= 0.3 is 6.11 Å². The summed E-state index contributed by atoms with van der Waals surface area (Å²) in [7, 11) is 0. The van der Waals surface area contributed by atoms with Crippen molar-refractivity contribution in [3.05, 3.63) is 88.5 Å². The van der Waals surface area contributed by atoms with E-state index in [1.807, 2.05) is 6.92 Å². The van der Waals surface area contributed by atoms with E-state index in [2.05, 4.69) is 4.74 Å². The van der Waals surface area contributed by atoms with Gasteiger partial charge in [0, 0.05) is 17.2 Å². The molecule has 37 heavy (non-hydrogen) atoms. The zero-order chi connectivity index (χ0) is 26.9. The Hall–Kier alpha value is -3.14. The lowest BCUT2D eigenvalue weighted by Gasteiger charge is -2.30. The van der Waals surface area contributed by atoms with E-state index >= 15 is 0 Å². The summed E-state index contributed by atoms with van der Waals surface area (Å²) >= 11 is 0. The number of alkyl halides is 2. The highest BCUT2D eigenvalue weighted by Gasteiger charge is 2.40. The molecular weight excluding hydrogens is 508 g/mol. The van der Waals surface area contributed by atoms with E-state index in [0.29, 0.717) is 43.2 Å². The standard InChI is InChI=1S/C27H22F8O2/c1-2-3-14-4-9-23(36-13-14)18-7-8-19(25(32)24(18)31)27(34,35)37-16-5-6-17(20(28)12-16)15-10-21(29)26(33)22(30)11-15/h5-8,10-12,14,23H,2-4,9,13H2,1H3. The zero-order valence-electron chi connectivity index (χ0n) is 19.6. The Morgan fingerprint density at radius 1 is 0.838 bits per heavy atom. The van der Waals surface area contributed by atoms with Gasteiger partial charge in [-0.05, 0) is 61.1 Å². The van der Waals surface area contributed by atoms with Crippen LogP contribution in [0.15, 0.2) is 42.5 Å². The molecule has 0 bridgehead atoms. The van der Waals surface area contributed by atoms with Crippen LogP contribution in [0.25, 0.3) is 11.1 Å². The third-order valence-electron chi connectivity index (χ3n) is 6.32. The molecule has 4 rings (SSSR count). The molecule has 1 saturated heterocycles. The Kier molecular flexibility index (Phi) is 7.77. The smallest absolute Gasteiger partial charge is 0.429 e. The van der Waals surface area contributed by atoms with Crippen LogP contribution in [0.4, 0.5) is 35.1 Å². The summed E-state index contributed by atoms with van der Waals surface area (Å²) in [6.07, 6.45) is -2.12. The molecule has 1 fully saturated rings. The first-order valence-electron chi connectivity index (χ1n) is 11.6. The number of ether oxygens (including phenoxy) is 2. The number of benzene rings is 3. The van der Waals surface area contributed by atoms with E-state index < -0.39 is 64.0 Å². The van der Waals surface area contributed by atoms with Crippen LogP contribution in [-0.4, -0.2) is 6.61 Å². The van der Waals surface area contributed by atoms with Gasteiger partial charge < -0.3 is 9.47 Å². The molecule has 0 aliphatic carbocycles. The maximum atomic E-state index is 14.8. The van der Waals surface area contributed by atoms with Crippen molar-refractivity contribution < 1.29 is 44.6 Å². The van der Waals surface area contributed by atoms with Crippen molar-refractivity contribution >= 4 is 0 Å². The van der Waals surface area contributed by atoms with Crippen molar-refractivity contribution in [3.63, 3.8) is 0 Å². The van der Waals surface area contributed by atoms with E-state index in [4.69, 9.17) is 4.74 Å². The molecule has 2 nitrogen and oxygen atoms in total. The fourth-order valence-corrected chi connectivity index (χ4v) is 4.43. The summed E-state index contributed by atoms with van der Waals surface area (Å²) in [4.78, 5) is 0. The Balaban J connectivity index is 1.54. The van der Waals surface area contributed by atoms with Gasteiger partial charge in [0.2, 0.25) is 0 Å². The summed E-state index contributed by atoms with van der Waals surface area (Å²) in [5, 5.41) is 0. The van der Waals surface area contributed by atoms with Crippen LogP contribution >= 0.6 is 0 Å². The first-order valence-corrected chi connectivity index (χ1v) is 11.6. The van der Waals surface area contributed by atoms with Crippen LogP contribution in [0.1, 0.15) is 49.8 Å². The van der Waals surface area contributed by atoms with E-state index in [-0.39, 0.29) is 11.1 Å². The SMILES string of the molecule is CCCC1CCC(c2ccc(C(F)(F)Oc3ccc(-c4cc(F)c(F)c(F)c4)c(F)c3)c(F)c2F)OC1. The first kappa shape index (κ1) is 26.9. The molecule has 0 saturated carbocycles. The minimum Gasteiger partial charge on any atom is -0.429 e. The summed E-state index contributed by atoms with van der Waals surface area (Å²) in [5.74, 6) is -9.88. The van der Waals surface area contributed by atoms with Crippen LogP contribution < -0.4 is 4.74 Å². The fourth-order valence-electron chi connectivity index (χ4n) is 4.43. The summed E-state index contributed by atoms with van der Waals surface area (Å²) < 4.78 is 124. The molecule has 1 aliphatic rings. The van der Waals surface area contributed by atoms with Crippen LogP contribution in [0.2, 0.25) is 0 Å². The quantitative estimate of drug-likeness (QED) is 0.225. The van der Waals surface area contributed by atoms with E-state index in [1.165, 1.54) is 0 Å². The highest BCUT2D eigenvalue weighted by Crippen LogP contribution is 2.39. The minimum absolute atomic E-state index is 0.179. The Morgan fingerprint density at radius 2 is 1.54 bits per heavy atom. The van der Waals surface area contributed by atoms with Crippen LogP contribution in [0, 0.1) is 40.8 Å². The van der Waals surface area contributed by atoms with Crippen molar-refractivity contribution in [2.24, 2.45) is 5.92 Å². The van der Waals surface area contributed by atoms with Crippen molar-refractivity contribution in [2.75, 3.05) is 6.61 Å². The van der Waals surface area contributed by atoms with Gasteiger partial charge in [0.05, 0.1) is 12.7 Å². The summed E-state index contributed by atoms with van der Waals surface area (Å²) in [6.45, 7) is 2.39. The fraction of sp³-hybridized carbons (Fsp3) is 0.333. The third kappa shape index (κ3) is 5.58. The number of rotatable bonds is 7. The number of hydrogen-bond acceptors (Lipinski definition) is 2. The van der Waals surface area contributed by atoms with Gasteiger partial charge in [-0.3, -0.25) is 0 Å². The van der Waals surface area contributed by atoms with E-state index in [9.17, 15) is 35.1 Å². The van der Waals surface area contributed by atoms with Gasteiger partial charge in [0.25, 0.3) is 0 Å². The van der Waals surface area contributed by atoms with Crippen LogP contribution in [-0.2, 0) is 10.8 Å². The topological polar surface area (TPSA) is 18.5 Å². The van der Waals surface area contributed by atoms with Gasteiger partial charge in [0.1, 0.15) is 17.1 Å². The molecule has 0 radical (unpaired) electrons. The third-order valence-corrected chi connectivity index (χ3v) is 6.32. The van der Waals surface area contributed by atoms with Gasteiger partial charge in [-0.15, -0.1) is 0 Å². The van der Waals surface area contributed by atoms with Crippen molar-refractivity contribution in [1.82, 2.24) is 0 Å². The van der Waals surface area contributed by atoms with E-state index in [0.717, 1.165) is 37.5 Å². The molecule has 2 unspecified atom stereocenters. The first-order chi connectivity index (χ1) is 17.5. The summed E-state index contributed by atoms with van der Waals surface area (Å²) in [5.41, 5.74) is -2.40. The maximum Gasteiger partial charge on any atom is 0.429 e. The molecule has 3 aromatic rings. The van der Waals surface area contributed by atoms with Crippen molar-refractivity contribution in [1.29, 1.82) is 0 Å². The molecule has 0 amide bonds. The van der Waals surface area contributed by atoms with Crippen LogP contribution in [0.5, 0.6) is 5.75 Å².